The number of anilines is 1. The van der Waals surface area contributed by atoms with Crippen LogP contribution in [0.15, 0.2) is 54.7 Å². The van der Waals surface area contributed by atoms with Crippen LogP contribution in [0.5, 0.6) is 11.5 Å². The molecule has 3 aromatic rings. The fourth-order valence-corrected chi connectivity index (χ4v) is 3.62. The first-order chi connectivity index (χ1) is 15.3. The van der Waals surface area contributed by atoms with Crippen molar-refractivity contribution in [3.05, 3.63) is 82.8 Å². The highest BCUT2D eigenvalue weighted by atomic mass is 19.3. The maximum Gasteiger partial charge on any atom is 0.255 e. The van der Waals surface area contributed by atoms with Crippen LogP contribution >= 0.6 is 0 Å². The van der Waals surface area contributed by atoms with Crippen LogP contribution in [0.4, 0.5) is 19.0 Å². The van der Waals surface area contributed by atoms with E-state index < -0.39 is 24.7 Å². The van der Waals surface area contributed by atoms with Gasteiger partial charge in [-0.2, -0.15) is 0 Å². The molecule has 0 saturated heterocycles. The third-order valence-electron chi connectivity index (χ3n) is 5.34. The average molecular weight is 441 g/mol. The number of carbonyl (C=O) groups excluding carboxylic acids is 1. The van der Waals surface area contributed by atoms with Gasteiger partial charge in [-0.25, -0.2) is 18.2 Å². The van der Waals surface area contributed by atoms with Gasteiger partial charge in [-0.05, 0) is 49.7 Å². The summed E-state index contributed by atoms with van der Waals surface area (Å²) in [7, 11) is 0. The molecule has 166 valence electrons. The summed E-state index contributed by atoms with van der Waals surface area (Å²) in [6.07, 6.45) is -1.16. The van der Waals surface area contributed by atoms with Crippen LogP contribution < -0.4 is 10.1 Å². The van der Waals surface area contributed by atoms with Gasteiger partial charge >= 0.3 is 0 Å². The molecule has 2 heterocycles. The van der Waals surface area contributed by atoms with Gasteiger partial charge in [-0.1, -0.05) is 23.8 Å². The van der Waals surface area contributed by atoms with Gasteiger partial charge in [0, 0.05) is 17.3 Å². The van der Waals surface area contributed by atoms with Crippen molar-refractivity contribution >= 4 is 11.7 Å². The lowest BCUT2D eigenvalue weighted by Gasteiger charge is -2.18. The number of aryl methyl sites for hydroxylation is 1. The van der Waals surface area contributed by atoms with Crippen molar-refractivity contribution in [1.82, 2.24) is 9.88 Å². The van der Waals surface area contributed by atoms with Crippen molar-refractivity contribution in [3.8, 4) is 11.5 Å². The number of benzene rings is 2. The Kier molecular flexibility index (Phi) is 6.03. The van der Waals surface area contributed by atoms with E-state index in [9.17, 15) is 18.0 Å². The Labute approximate surface area is 183 Å². The van der Waals surface area contributed by atoms with E-state index >= 15 is 0 Å². The van der Waals surface area contributed by atoms with Gasteiger partial charge < -0.3 is 15.0 Å². The molecule has 1 amide bonds. The molecule has 4 rings (SSSR count). The van der Waals surface area contributed by atoms with Crippen molar-refractivity contribution in [2.75, 3.05) is 11.9 Å². The zero-order valence-electron chi connectivity index (χ0n) is 17.6. The molecule has 0 saturated carbocycles. The Hall–Kier alpha value is -3.55. The first kappa shape index (κ1) is 21.7. The molecular formula is C24H22F3N3O2. The quantitative estimate of drug-likeness (QED) is 0.510. The Morgan fingerprint density at radius 2 is 1.91 bits per heavy atom. The van der Waals surface area contributed by atoms with Crippen LogP contribution in [0.2, 0.25) is 0 Å². The van der Waals surface area contributed by atoms with Crippen LogP contribution in [-0.2, 0) is 6.54 Å². The number of aromatic nitrogens is 1. The molecule has 1 aromatic heterocycles. The monoisotopic (exact) mass is 441 g/mol. The number of ether oxygens (including phenoxy) is 1. The average Bonchev–Trinajstić information content (AvgIpc) is 3.07. The Morgan fingerprint density at radius 1 is 1.16 bits per heavy atom. The number of halogens is 3. The molecular weight excluding hydrogens is 419 g/mol. The van der Waals surface area contributed by atoms with Crippen LogP contribution in [0.1, 0.15) is 40.0 Å². The zero-order valence-corrected chi connectivity index (χ0v) is 17.6. The molecule has 0 spiro atoms. The molecule has 0 bridgehead atoms. The Balaban J connectivity index is 1.49. The summed E-state index contributed by atoms with van der Waals surface area (Å²) in [6, 6.07) is 13.1. The van der Waals surface area contributed by atoms with E-state index in [4.69, 9.17) is 4.74 Å². The van der Waals surface area contributed by atoms with Crippen LogP contribution in [0.25, 0.3) is 0 Å². The number of nitrogens with one attached hydrogen (secondary N) is 1. The van der Waals surface area contributed by atoms with Crippen LogP contribution in [-0.4, -0.2) is 28.8 Å². The minimum Gasteiger partial charge on any atom is -0.454 e. The number of nitrogens with zero attached hydrogens (tertiary/aromatic N) is 2. The second-order valence-corrected chi connectivity index (χ2v) is 7.73. The second kappa shape index (κ2) is 8.90. The van der Waals surface area contributed by atoms with E-state index in [1.165, 1.54) is 18.3 Å². The van der Waals surface area contributed by atoms with E-state index in [0.29, 0.717) is 28.3 Å². The highest BCUT2D eigenvalue weighted by Gasteiger charge is 2.32. The van der Waals surface area contributed by atoms with E-state index in [0.717, 1.165) is 10.5 Å². The maximum atomic E-state index is 14.7. The standard InChI is InChI=1S/C24H22F3N3O2/c1-14-3-6-17(7-4-14)32-21-8-5-16(11-20(21)25)15(2)29-23-19-12-30(13-22(26)27)24(31)18(19)9-10-28-23/h3-11,15,22H,12-13H2,1-2H3,(H,28,29). The number of alkyl halides is 2. The fraction of sp³-hybridized carbons (Fsp3) is 0.250. The minimum absolute atomic E-state index is 0.0547. The Bertz CT molecular complexity index is 1140. The highest BCUT2D eigenvalue weighted by molar-refractivity contribution is 5.99. The summed E-state index contributed by atoms with van der Waals surface area (Å²) in [6.45, 7) is 3.20. The zero-order chi connectivity index (χ0) is 22.8. The van der Waals surface area contributed by atoms with Gasteiger partial charge in [-0.15, -0.1) is 0 Å². The van der Waals surface area contributed by atoms with Crippen molar-refractivity contribution in [2.24, 2.45) is 0 Å². The van der Waals surface area contributed by atoms with Crippen molar-refractivity contribution in [2.45, 2.75) is 32.9 Å². The van der Waals surface area contributed by atoms with Crippen molar-refractivity contribution in [3.63, 3.8) is 0 Å². The van der Waals surface area contributed by atoms with Gasteiger partial charge in [-0.3, -0.25) is 4.79 Å². The number of fused-ring (bicyclic) bond motifs is 1. The molecule has 0 aliphatic carbocycles. The Morgan fingerprint density at radius 3 is 2.59 bits per heavy atom. The molecule has 1 aliphatic heterocycles. The first-order valence-electron chi connectivity index (χ1n) is 10.2. The lowest BCUT2D eigenvalue weighted by atomic mass is 10.1. The predicted molar refractivity (Wildman–Crippen MR) is 115 cm³/mol. The van der Waals surface area contributed by atoms with Crippen molar-refractivity contribution in [1.29, 1.82) is 0 Å². The molecule has 32 heavy (non-hydrogen) atoms. The summed E-state index contributed by atoms with van der Waals surface area (Å²) in [5.41, 5.74) is 2.63. The number of carbonyl (C=O) groups is 1. The number of amides is 1. The molecule has 1 aliphatic rings. The van der Waals surface area contributed by atoms with Gasteiger partial charge in [0.15, 0.2) is 11.6 Å². The molecule has 0 radical (unpaired) electrons. The minimum atomic E-state index is -2.61. The smallest absolute Gasteiger partial charge is 0.255 e. The van der Waals surface area contributed by atoms with E-state index in [-0.39, 0.29) is 18.3 Å². The molecule has 5 nitrogen and oxygen atoms in total. The highest BCUT2D eigenvalue weighted by Crippen LogP contribution is 2.32. The summed E-state index contributed by atoms with van der Waals surface area (Å²) < 4.78 is 45.8. The molecule has 1 N–H and O–H groups in total. The SMILES string of the molecule is Cc1ccc(Oc2ccc(C(C)Nc3nccc4c3CN(CC(F)F)C4=O)cc2F)cc1. The van der Waals surface area contributed by atoms with Crippen molar-refractivity contribution < 1.29 is 22.7 Å². The molecule has 2 aromatic carbocycles. The number of pyridine rings is 1. The number of hydrogen-bond donors (Lipinski definition) is 1. The largest absolute Gasteiger partial charge is 0.454 e. The van der Waals surface area contributed by atoms with Gasteiger partial charge in [0.05, 0.1) is 19.1 Å². The second-order valence-electron chi connectivity index (χ2n) is 7.73. The number of hydrogen-bond acceptors (Lipinski definition) is 4. The summed E-state index contributed by atoms with van der Waals surface area (Å²) >= 11 is 0. The summed E-state index contributed by atoms with van der Waals surface area (Å²) in [5.74, 6) is 0.107. The molecule has 1 atom stereocenters. The fourth-order valence-electron chi connectivity index (χ4n) is 3.62. The normalized spacial score (nSPS) is 13.9. The van der Waals surface area contributed by atoms with Gasteiger partial charge in [0.25, 0.3) is 12.3 Å². The van der Waals surface area contributed by atoms with E-state index in [1.807, 2.05) is 26.0 Å². The molecule has 1 unspecified atom stereocenters. The predicted octanol–water partition coefficient (Wildman–Crippen LogP) is 5.72. The van der Waals surface area contributed by atoms with Gasteiger partial charge in [0.2, 0.25) is 0 Å². The molecule has 0 fully saturated rings. The third-order valence-corrected chi connectivity index (χ3v) is 5.34. The summed E-state index contributed by atoms with van der Waals surface area (Å²) in [4.78, 5) is 17.7. The van der Waals surface area contributed by atoms with E-state index in [1.54, 1.807) is 24.3 Å². The van der Waals surface area contributed by atoms with Crippen LogP contribution in [0, 0.1) is 12.7 Å². The lowest BCUT2D eigenvalue weighted by Crippen LogP contribution is -2.29. The summed E-state index contributed by atoms with van der Waals surface area (Å²) in [5, 5.41) is 3.17. The lowest BCUT2D eigenvalue weighted by molar-refractivity contribution is 0.0577. The first-order valence-corrected chi connectivity index (χ1v) is 10.2. The molecule has 8 heteroatoms. The van der Waals surface area contributed by atoms with Gasteiger partial charge in [0.1, 0.15) is 11.6 Å². The van der Waals surface area contributed by atoms with Crippen LogP contribution in [0.3, 0.4) is 0 Å². The number of rotatable bonds is 7. The third kappa shape index (κ3) is 4.54. The maximum absolute atomic E-state index is 14.7. The van der Waals surface area contributed by atoms with E-state index in [2.05, 4.69) is 10.3 Å². The topological polar surface area (TPSA) is 54.5 Å².